The lowest BCUT2D eigenvalue weighted by atomic mass is 10.3. The molecule has 24 heavy (non-hydrogen) atoms. The lowest BCUT2D eigenvalue weighted by Crippen LogP contribution is -2.16. The van der Waals surface area contributed by atoms with Crippen LogP contribution in [0.1, 0.15) is 12.5 Å². The number of carbonyl (C=O) groups is 1. The molecule has 122 valence electrons. The molecule has 3 aromatic rings. The Morgan fingerprint density at radius 2 is 2.08 bits per heavy atom. The molecule has 0 unspecified atom stereocenters. The third-order valence-electron chi connectivity index (χ3n) is 3.44. The van der Waals surface area contributed by atoms with Gasteiger partial charge in [0.15, 0.2) is 5.65 Å². The predicted molar refractivity (Wildman–Crippen MR) is 91.0 cm³/mol. The van der Waals surface area contributed by atoms with Crippen molar-refractivity contribution >= 4 is 29.3 Å². The molecule has 0 saturated heterocycles. The number of carbonyl (C=O) groups excluding carboxylic acids is 1. The molecular formula is C17H17N5O2. The van der Waals surface area contributed by atoms with E-state index in [1.54, 1.807) is 23.7 Å². The molecule has 2 aromatic heterocycles. The number of fused-ring (bicyclic) bond motifs is 1. The van der Waals surface area contributed by atoms with Crippen molar-refractivity contribution in [2.45, 2.75) is 6.92 Å². The van der Waals surface area contributed by atoms with Crippen molar-refractivity contribution in [2.75, 3.05) is 18.6 Å². The lowest BCUT2D eigenvalue weighted by Gasteiger charge is -2.18. The molecule has 0 amide bonds. The van der Waals surface area contributed by atoms with Gasteiger partial charge in [-0.1, -0.05) is 18.2 Å². The smallest absolute Gasteiger partial charge is 0.330 e. The van der Waals surface area contributed by atoms with Crippen molar-refractivity contribution in [1.29, 1.82) is 0 Å². The molecule has 0 atom stereocenters. The summed E-state index contributed by atoms with van der Waals surface area (Å²) in [7, 11) is 1.91. The second-order valence-electron chi connectivity index (χ2n) is 4.99. The molecule has 0 N–H and O–H groups in total. The van der Waals surface area contributed by atoms with Crippen LogP contribution in [-0.4, -0.2) is 39.2 Å². The number of hydrogen-bond acceptors (Lipinski definition) is 6. The van der Waals surface area contributed by atoms with Crippen molar-refractivity contribution in [3.05, 3.63) is 54.5 Å². The maximum atomic E-state index is 11.5. The van der Waals surface area contributed by atoms with Gasteiger partial charge >= 0.3 is 5.97 Å². The Hall–Kier alpha value is -3.22. The number of nitrogens with zero attached hydrogens (tertiary/aromatic N) is 5. The standard InChI is InChI=1S/C17H17N5O2/c1-3-24-15(23)10-9-13-11-20-22-16(13)18-12-19-17(22)21(2)14-7-5-4-6-8-14/h4-12H,3H2,1-2H3. The highest BCUT2D eigenvalue weighted by atomic mass is 16.5. The van der Waals surface area contributed by atoms with E-state index in [0.717, 1.165) is 5.69 Å². The van der Waals surface area contributed by atoms with Gasteiger partial charge in [-0.3, -0.25) is 0 Å². The van der Waals surface area contributed by atoms with Crippen LogP contribution in [0.15, 0.2) is 48.9 Å². The molecule has 3 rings (SSSR count). The van der Waals surface area contributed by atoms with Gasteiger partial charge in [-0.15, -0.1) is 0 Å². The molecule has 0 fully saturated rings. The fourth-order valence-corrected chi connectivity index (χ4v) is 2.28. The number of benzene rings is 1. The van der Waals surface area contributed by atoms with E-state index in [2.05, 4.69) is 15.1 Å². The first-order valence-electron chi connectivity index (χ1n) is 7.53. The van der Waals surface area contributed by atoms with Crippen LogP contribution in [0.4, 0.5) is 11.6 Å². The van der Waals surface area contributed by atoms with E-state index >= 15 is 0 Å². The zero-order valence-corrected chi connectivity index (χ0v) is 13.5. The lowest BCUT2D eigenvalue weighted by molar-refractivity contribution is -0.137. The van der Waals surface area contributed by atoms with Gasteiger partial charge in [-0.25, -0.2) is 14.8 Å². The zero-order valence-electron chi connectivity index (χ0n) is 13.5. The molecule has 0 aliphatic rings. The highest BCUT2D eigenvalue weighted by molar-refractivity contribution is 5.88. The Morgan fingerprint density at radius 3 is 2.83 bits per heavy atom. The van der Waals surface area contributed by atoms with E-state index in [0.29, 0.717) is 23.8 Å². The molecule has 0 aliphatic carbocycles. The van der Waals surface area contributed by atoms with Crippen LogP contribution >= 0.6 is 0 Å². The minimum absolute atomic E-state index is 0.339. The van der Waals surface area contributed by atoms with Crippen molar-refractivity contribution in [3.63, 3.8) is 0 Å². The summed E-state index contributed by atoms with van der Waals surface area (Å²) in [6, 6.07) is 9.85. The van der Waals surface area contributed by atoms with Crippen molar-refractivity contribution in [1.82, 2.24) is 19.6 Å². The maximum Gasteiger partial charge on any atom is 0.330 e. The molecule has 7 nitrogen and oxygen atoms in total. The van der Waals surface area contributed by atoms with Crippen LogP contribution < -0.4 is 4.90 Å². The summed E-state index contributed by atoms with van der Waals surface area (Å²) in [5.41, 5.74) is 2.31. The first-order valence-corrected chi connectivity index (χ1v) is 7.53. The van der Waals surface area contributed by atoms with Gasteiger partial charge in [0.05, 0.1) is 12.8 Å². The van der Waals surface area contributed by atoms with E-state index in [-0.39, 0.29) is 0 Å². The first-order chi connectivity index (χ1) is 11.7. The fourth-order valence-electron chi connectivity index (χ4n) is 2.28. The van der Waals surface area contributed by atoms with Crippen LogP contribution in [0.3, 0.4) is 0 Å². The number of para-hydroxylation sites is 1. The predicted octanol–water partition coefficient (Wildman–Crippen LogP) is 2.47. The van der Waals surface area contributed by atoms with Gasteiger partial charge in [-0.05, 0) is 25.1 Å². The summed E-state index contributed by atoms with van der Waals surface area (Å²) in [4.78, 5) is 22.0. The van der Waals surface area contributed by atoms with Gasteiger partial charge in [0, 0.05) is 24.4 Å². The summed E-state index contributed by atoms with van der Waals surface area (Å²) >= 11 is 0. The van der Waals surface area contributed by atoms with Gasteiger partial charge in [-0.2, -0.15) is 9.61 Å². The minimum Gasteiger partial charge on any atom is -0.463 e. The molecule has 0 aliphatic heterocycles. The van der Waals surface area contributed by atoms with Gasteiger partial charge in [0.1, 0.15) is 6.33 Å². The fraction of sp³-hybridized carbons (Fsp3) is 0.176. The quantitative estimate of drug-likeness (QED) is 0.530. The highest BCUT2D eigenvalue weighted by Crippen LogP contribution is 2.22. The zero-order chi connectivity index (χ0) is 16.9. The molecule has 1 aromatic carbocycles. The van der Waals surface area contributed by atoms with E-state index in [4.69, 9.17) is 4.74 Å². The third-order valence-corrected chi connectivity index (χ3v) is 3.44. The van der Waals surface area contributed by atoms with Crippen LogP contribution in [0.5, 0.6) is 0 Å². The first kappa shape index (κ1) is 15.7. The molecule has 0 saturated carbocycles. The van der Waals surface area contributed by atoms with Crippen LogP contribution in [0, 0.1) is 0 Å². The summed E-state index contributed by atoms with van der Waals surface area (Å²) in [5.74, 6) is 0.231. The summed E-state index contributed by atoms with van der Waals surface area (Å²) in [6.07, 6.45) is 6.12. The summed E-state index contributed by atoms with van der Waals surface area (Å²) < 4.78 is 6.51. The largest absolute Gasteiger partial charge is 0.463 e. The number of esters is 1. The average Bonchev–Trinajstić information content (AvgIpc) is 3.03. The maximum absolute atomic E-state index is 11.5. The average molecular weight is 323 g/mol. The summed E-state index contributed by atoms with van der Waals surface area (Å²) in [6.45, 7) is 2.10. The van der Waals surface area contributed by atoms with Crippen molar-refractivity contribution in [3.8, 4) is 0 Å². The van der Waals surface area contributed by atoms with E-state index in [1.165, 1.54) is 12.4 Å². The minimum atomic E-state index is -0.396. The molecule has 0 radical (unpaired) electrons. The van der Waals surface area contributed by atoms with Crippen LogP contribution in [0.25, 0.3) is 11.7 Å². The van der Waals surface area contributed by atoms with E-state index in [1.807, 2.05) is 42.3 Å². The number of ether oxygens (including phenoxy) is 1. The SMILES string of the molecule is CCOC(=O)C=Cc1cnn2c(N(C)c3ccccc3)ncnc12. The Balaban J connectivity index is 1.96. The monoisotopic (exact) mass is 323 g/mol. The third kappa shape index (κ3) is 3.10. The Labute approximate surface area is 139 Å². The second-order valence-corrected chi connectivity index (χ2v) is 4.99. The Kier molecular flexibility index (Phi) is 4.51. The Morgan fingerprint density at radius 1 is 1.29 bits per heavy atom. The van der Waals surface area contributed by atoms with E-state index < -0.39 is 5.97 Å². The normalized spacial score (nSPS) is 11.1. The van der Waals surface area contributed by atoms with Crippen molar-refractivity contribution < 1.29 is 9.53 Å². The number of aromatic nitrogens is 4. The van der Waals surface area contributed by atoms with Gasteiger partial charge in [0.2, 0.25) is 5.95 Å². The van der Waals surface area contributed by atoms with Crippen LogP contribution in [-0.2, 0) is 9.53 Å². The van der Waals surface area contributed by atoms with Crippen LogP contribution in [0.2, 0.25) is 0 Å². The molecule has 7 heteroatoms. The number of anilines is 2. The molecular weight excluding hydrogens is 306 g/mol. The summed E-state index contributed by atoms with van der Waals surface area (Å²) in [5, 5.41) is 4.34. The van der Waals surface area contributed by atoms with Gasteiger partial charge in [0.25, 0.3) is 0 Å². The molecule has 2 heterocycles. The molecule has 0 bridgehead atoms. The highest BCUT2D eigenvalue weighted by Gasteiger charge is 2.13. The van der Waals surface area contributed by atoms with Gasteiger partial charge < -0.3 is 9.64 Å². The van der Waals surface area contributed by atoms with E-state index in [9.17, 15) is 4.79 Å². The second kappa shape index (κ2) is 6.91. The van der Waals surface area contributed by atoms with Crippen molar-refractivity contribution in [2.24, 2.45) is 0 Å². The molecule has 0 spiro atoms. The number of rotatable bonds is 5. The number of hydrogen-bond donors (Lipinski definition) is 0. The topological polar surface area (TPSA) is 72.6 Å². The Bertz CT molecular complexity index is 873.